The summed E-state index contributed by atoms with van der Waals surface area (Å²) in [6.07, 6.45) is 7.96. The number of hydrogen-bond acceptors (Lipinski definition) is 9. The molecule has 4 aromatic carbocycles. The zero-order valence-corrected chi connectivity index (χ0v) is 41.0. The van der Waals surface area contributed by atoms with E-state index in [9.17, 15) is 19.2 Å². The summed E-state index contributed by atoms with van der Waals surface area (Å²) in [5.41, 5.74) is 8.04. The number of nitrogens with two attached hydrogens (primary N) is 1. The number of anilines is 1. The van der Waals surface area contributed by atoms with Gasteiger partial charge in [0.15, 0.2) is 23.0 Å². The first-order valence-electron chi connectivity index (χ1n) is 24.9. The van der Waals surface area contributed by atoms with Crippen LogP contribution in [0, 0.1) is 23.0 Å². The molecule has 2 atom stereocenters. The van der Waals surface area contributed by atoms with Crippen molar-refractivity contribution in [1.29, 1.82) is 0 Å². The van der Waals surface area contributed by atoms with E-state index in [4.69, 9.17) is 26.8 Å². The lowest BCUT2D eigenvalue weighted by atomic mass is 9.66. The van der Waals surface area contributed by atoms with Gasteiger partial charge in [0.2, 0.25) is 17.7 Å². The third-order valence-corrected chi connectivity index (χ3v) is 17.3. The number of carbonyl (C=O) groups is 4. The Kier molecular flexibility index (Phi) is 12.1. The predicted octanol–water partition coefficient (Wildman–Crippen LogP) is 8.14. The molecular weight excluding hydrogens is 930 g/mol. The van der Waals surface area contributed by atoms with Crippen molar-refractivity contribution < 1.29 is 37.4 Å². The molecule has 71 heavy (non-hydrogen) atoms. The summed E-state index contributed by atoms with van der Waals surface area (Å²) in [5, 5.41) is 11.4. The Morgan fingerprint density at radius 1 is 0.972 bits per heavy atom. The minimum absolute atomic E-state index is 0.00276. The summed E-state index contributed by atoms with van der Waals surface area (Å²) < 4.78 is 45.9. The van der Waals surface area contributed by atoms with E-state index in [2.05, 4.69) is 43.7 Å². The number of aromatic nitrogens is 2. The molecule has 5 fully saturated rings. The Morgan fingerprint density at radius 2 is 1.70 bits per heavy atom. The van der Waals surface area contributed by atoms with Crippen LogP contribution in [0.3, 0.4) is 0 Å². The van der Waals surface area contributed by atoms with E-state index in [-0.39, 0.29) is 68.8 Å². The Morgan fingerprint density at radius 3 is 2.39 bits per heavy atom. The Hall–Kier alpha value is -6.10. The number of nitrogens with zero attached hydrogens (tertiary/aromatic N) is 5. The standard InChI is InChI=1S/C54H59ClF2N8O6/c1-30-44-42(24-39(56)47(55)46(44)45-38(49(58)67)15-16-41(70-3)48(45)57)71-54(30,34-7-5-4-6-8-34)27-59-35-12-9-31(10-13-35)51(68)64-28-53(29-64)20-17-36(18-21-53)63-25-33(26-63)32-11-14-37-40(23-32)62(2)61-50(37)65-22-19-43(66)60-52(65)69/h4-8,11,14-16,23-24,30-31,33,35-36,59H,9-10,12-13,17-22,25-29H2,1-3H3,(H2,58,67)(H,60,66,69). The summed E-state index contributed by atoms with van der Waals surface area (Å²) in [4.78, 5) is 57.2. The molecule has 2 aliphatic carbocycles. The molecule has 5 heterocycles. The molecule has 0 radical (unpaired) electrons. The number of hydrogen-bond donors (Lipinski definition) is 3. The van der Waals surface area contributed by atoms with Gasteiger partial charge >= 0.3 is 6.03 Å². The number of imide groups is 1. The second-order valence-corrected chi connectivity index (χ2v) is 21.3. The van der Waals surface area contributed by atoms with E-state index < -0.39 is 35.1 Å². The van der Waals surface area contributed by atoms with E-state index in [1.807, 2.05) is 49.0 Å². The van der Waals surface area contributed by atoms with Crippen molar-refractivity contribution in [3.63, 3.8) is 0 Å². The zero-order valence-electron chi connectivity index (χ0n) is 40.2. The normalized spacial score (nSPS) is 24.6. The fraction of sp³-hybridized carbons (Fsp3) is 0.463. The second-order valence-electron chi connectivity index (χ2n) is 20.9. The van der Waals surface area contributed by atoms with Crippen LogP contribution >= 0.6 is 11.6 Å². The van der Waals surface area contributed by atoms with Crippen LogP contribution in [0.15, 0.2) is 66.7 Å². The number of likely N-dealkylation sites (tertiary alicyclic amines) is 2. The van der Waals surface area contributed by atoms with Crippen molar-refractivity contribution in [2.24, 2.45) is 24.1 Å². The van der Waals surface area contributed by atoms with E-state index in [0.717, 1.165) is 94.0 Å². The average Bonchev–Trinajstić information content (AvgIpc) is 3.82. The number of methoxy groups -OCH3 is 1. The van der Waals surface area contributed by atoms with Gasteiger partial charge in [0.25, 0.3) is 0 Å². The molecule has 17 heteroatoms. The predicted molar refractivity (Wildman–Crippen MR) is 265 cm³/mol. The highest BCUT2D eigenvalue weighted by Gasteiger charge is 2.52. The minimum Gasteiger partial charge on any atom is -0.494 e. The van der Waals surface area contributed by atoms with Crippen LogP contribution in [0.1, 0.15) is 104 Å². The maximum Gasteiger partial charge on any atom is 0.329 e. The summed E-state index contributed by atoms with van der Waals surface area (Å²) in [7, 11) is 3.20. The maximum atomic E-state index is 16.2. The van der Waals surface area contributed by atoms with Gasteiger partial charge in [-0.2, -0.15) is 5.10 Å². The molecule has 4 N–H and O–H groups in total. The lowest BCUT2D eigenvalue weighted by molar-refractivity contribution is -0.152. The molecule has 11 rings (SSSR count). The first kappa shape index (κ1) is 47.2. The highest BCUT2D eigenvalue weighted by Crippen LogP contribution is 2.57. The van der Waals surface area contributed by atoms with Crippen molar-refractivity contribution in [2.75, 3.05) is 51.3 Å². The fourth-order valence-electron chi connectivity index (χ4n) is 12.8. The molecule has 372 valence electrons. The fourth-order valence-corrected chi connectivity index (χ4v) is 13.0. The molecular formula is C54H59ClF2N8O6. The van der Waals surface area contributed by atoms with Gasteiger partial charge in [-0.05, 0) is 86.8 Å². The SMILES string of the molecule is COc1ccc(C(N)=O)c(-c2c(Cl)c(F)cc3c2C(C)C(CNC2CCC(C(=O)N4CC5(CCC(N6CC(c7ccc8c(N9CCC(=O)NC9=O)nn(C)c8c7)C6)CC5)C4)CC2)(c2ccccc2)O3)c1F. The number of fused-ring (bicyclic) bond motifs is 2. The number of aryl methyl sites for hydroxylation is 1. The van der Waals surface area contributed by atoms with Gasteiger partial charge in [0.1, 0.15) is 11.6 Å². The first-order valence-corrected chi connectivity index (χ1v) is 25.3. The molecule has 1 spiro atoms. The van der Waals surface area contributed by atoms with E-state index >= 15 is 8.78 Å². The Labute approximate surface area is 416 Å². The van der Waals surface area contributed by atoms with Gasteiger partial charge in [-0.25, -0.2) is 13.6 Å². The first-order chi connectivity index (χ1) is 34.2. The van der Waals surface area contributed by atoms with Crippen molar-refractivity contribution in [3.8, 4) is 22.6 Å². The van der Waals surface area contributed by atoms with Crippen molar-refractivity contribution >= 4 is 52.1 Å². The van der Waals surface area contributed by atoms with Crippen LogP contribution in [0.5, 0.6) is 11.5 Å². The monoisotopic (exact) mass is 988 g/mol. The van der Waals surface area contributed by atoms with E-state index in [1.165, 1.54) is 30.9 Å². The van der Waals surface area contributed by atoms with Gasteiger partial charge in [-0.3, -0.25) is 34.2 Å². The van der Waals surface area contributed by atoms with Crippen molar-refractivity contribution in [2.45, 2.75) is 94.2 Å². The smallest absolute Gasteiger partial charge is 0.329 e. The van der Waals surface area contributed by atoms with E-state index in [1.54, 1.807) is 4.90 Å². The molecule has 2 saturated carbocycles. The van der Waals surface area contributed by atoms with Gasteiger partial charge in [-0.1, -0.05) is 54.9 Å². The highest BCUT2D eigenvalue weighted by atomic mass is 35.5. The lowest BCUT2D eigenvalue weighted by Gasteiger charge is -2.56. The lowest BCUT2D eigenvalue weighted by Crippen LogP contribution is -2.62. The molecule has 14 nitrogen and oxygen atoms in total. The van der Waals surface area contributed by atoms with Gasteiger partial charge in [0, 0.05) is 116 Å². The third kappa shape index (κ3) is 8.10. The number of primary amides is 1. The Bertz CT molecular complexity index is 2960. The number of nitrogens with one attached hydrogen (secondary N) is 2. The minimum atomic E-state index is -1.06. The number of halogens is 3. The number of carbonyl (C=O) groups excluding carboxylic acids is 4. The highest BCUT2D eigenvalue weighted by molar-refractivity contribution is 6.34. The molecule has 4 aliphatic heterocycles. The van der Waals surface area contributed by atoms with Gasteiger partial charge < -0.3 is 25.4 Å². The van der Waals surface area contributed by atoms with Crippen LogP contribution in [-0.2, 0) is 22.2 Å². The second kappa shape index (κ2) is 18.2. The molecule has 5 amide bonds. The molecule has 5 aromatic rings. The summed E-state index contributed by atoms with van der Waals surface area (Å²) >= 11 is 6.71. The Balaban J connectivity index is 0.684. The van der Waals surface area contributed by atoms with Crippen molar-refractivity contribution in [3.05, 3.63) is 106 Å². The summed E-state index contributed by atoms with van der Waals surface area (Å²) in [6.45, 7) is 6.29. The van der Waals surface area contributed by atoms with Crippen LogP contribution in [0.2, 0.25) is 5.02 Å². The van der Waals surface area contributed by atoms with E-state index in [0.29, 0.717) is 36.4 Å². The number of amides is 5. The van der Waals surface area contributed by atoms with Crippen LogP contribution < -0.4 is 30.7 Å². The van der Waals surface area contributed by atoms with Crippen molar-refractivity contribution in [1.82, 2.24) is 30.2 Å². The number of benzene rings is 4. The molecule has 2 unspecified atom stereocenters. The average molecular weight is 990 g/mol. The largest absolute Gasteiger partial charge is 0.494 e. The summed E-state index contributed by atoms with van der Waals surface area (Å²) in [5.74, 6) is -2.07. The summed E-state index contributed by atoms with van der Waals surface area (Å²) in [6, 6.07) is 20.2. The molecule has 1 aromatic heterocycles. The number of urea groups is 1. The topological polar surface area (TPSA) is 164 Å². The van der Waals surface area contributed by atoms with Gasteiger partial charge in [-0.15, -0.1) is 0 Å². The molecule has 0 bridgehead atoms. The zero-order chi connectivity index (χ0) is 49.5. The quantitative estimate of drug-likeness (QED) is 0.119. The number of rotatable bonds is 11. The number of ether oxygens (including phenoxy) is 2. The van der Waals surface area contributed by atoms with Crippen LogP contribution in [0.4, 0.5) is 19.4 Å². The molecule has 3 saturated heterocycles. The molecule has 6 aliphatic rings. The van der Waals surface area contributed by atoms with Crippen LogP contribution in [-0.4, -0.2) is 102 Å². The van der Waals surface area contributed by atoms with Gasteiger partial charge in [0.05, 0.1) is 23.2 Å². The third-order valence-electron chi connectivity index (χ3n) is 16.9. The van der Waals surface area contributed by atoms with Crippen LogP contribution in [0.25, 0.3) is 22.0 Å². The maximum absolute atomic E-state index is 16.2.